The van der Waals surface area contributed by atoms with E-state index >= 15 is 0 Å². The zero-order valence-corrected chi connectivity index (χ0v) is 22.4. The number of fused-ring (bicyclic) bond motifs is 1. The van der Waals surface area contributed by atoms with Crippen LogP contribution in [0.1, 0.15) is 84.3 Å². The van der Waals surface area contributed by atoms with Crippen LogP contribution in [0.5, 0.6) is 0 Å². The molecule has 0 fully saturated rings. The standard InChI is InChI=1S/C14H17.C10H15.2CH3.Hf/c1-2-3-4-7-12-10-11-13-8-5-6-9-14(12)13;1-6-7(2)9(4)10(5)8(6)3;;;/h5-6,8-9,11-12H,2-4,7H2,1H3;1-5H3;2*1H3;. The quantitative estimate of drug-likeness (QED) is 0.255. The van der Waals surface area contributed by atoms with Crippen molar-refractivity contribution in [2.24, 2.45) is 0 Å². The molecule has 27 heavy (non-hydrogen) atoms. The van der Waals surface area contributed by atoms with Gasteiger partial charge in [0.05, 0.1) is 0 Å². The summed E-state index contributed by atoms with van der Waals surface area (Å²) in [6.07, 6.45) is 7.98. The zero-order chi connectivity index (χ0) is 20.0. The first kappa shape index (κ1) is 21.0. The Morgan fingerprint density at radius 2 is 1.52 bits per heavy atom. The summed E-state index contributed by atoms with van der Waals surface area (Å²) < 4.78 is 7.62. The van der Waals surface area contributed by atoms with Gasteiger partial charge in [-0.1, -0.05) is 0 Å². The van der Waals surface area contributed by atoms with E-state index in [1.165, 1.54) is 31.2 Å². The van der Waals surface area contributed by atoms with E-state index in [0.717, 1.165) is 0 Å². The second-order valence-corrected chi connectivity index (χ2v) is 26.9. The third-order valence-corrected chi connectivity index (χ3v) is 26.9. The van der Waals surface area contributed by atoms with Crippen LogP contribution >= 0.6 is 0 Å². The fourth-order valence-electron chi connectivity index (χ4n) is 5.74. The predicted octanol–water partition coefficient (Wildman–Crippen LogP) is 8.82. The summed E-state index contributed by atoms with van der Waals surface area (Å²) in [6, 6.07) is 9.21. The van der Waals surface area contributed by atoms with Crippen molar-refractivity contribution >= 4 is 6.08 Å². The Bertz CT molecular complexity index is 808. The molecule has 0 heterocycles. The minimum atomic E-state index is -2.85. The van der Waals surface area contributed by atoms with E-state index in [2.05, 4.69) is 81.2 Å². The number of hydrogen-bond acceptors (Lipinski definition) is 0. The molecule has 1 aromatic rings. The molecule has 0 N–H and O–H groups in total. The maximum atomic E-state index is 2.72. The van der Waals surface area contributed by atoms with Gasteiger partial charge in [0, 0.05) is 0 Å². The first-order valence-corrected chi connectivity index (χ1v) is 21.6. The van der Waals surface area contributed by atoms with Gasteiger partial charge in [-0.05, 0) is 0 Å². The molecule has 0 nitrogen and oxygen atoms in total. The van der Waals surface area contributed by atoms with Gasteiger partial charge in [-0.15, -0.1) is 0 Å². The van der Waals surface area contributed by atoms with Gasteiger partial charge < -0.3 is 0 Å². The van der Waals surface area contributed by atoms with E-state index in [0.29, 0.717) is 9.09 Å². The summed E-state index contributed by atoms with van der Waals surface area (Å²) in [5.41, 5.74) is 9.54. The number of hydrogen-bond donors (Lipinski definition) is 0. The first-order chi connectivity index (χ1) is 12.7. The third kappa shape index (κ3) is 3.13. The SMILES string of the molecule is CCCCCC1[C]([Hf]([CH3])([CH3])[C]2(C)C(C)=C(C)C(C)=C2C)=Cc2ccccc21. The van der Waals surface area contributed by atoms with Crippen molar-refractivity contribution in [2.45, 2.75) is 85.7 Å². The Kier molecular flexibility index (Phi) is 5.93. The topological polar surface area (TPSA) is 0 Å². The molecule has 1 heteroatoms. The number of allylic oxidation sites excluding steroid dienone is 5. The number of benzene rings is 1. The molecule has 0 saturated heterocycles. The van der Waals surface area contributed by atoms with Gasteiger partial charge >= 0.3 is 173 Å². The van der Waals surface area contributed by atoms with Crippen LogP contribution in [0.2, 0.25) is 12.5 Å². The molecule has 3 rings (SSSR count). The van der Waals surface area contributed by atoms with Crippen molar-refractivity contribution in [2.75, 3.05) is 0 Å². The average molecular weight is 529 g/mol. The summed E-state index contributed by atoms with van der Waals surface area (Å²) in [4.78, 5) is 0. The van der Waals surface area contributed by atoms with Crippen LogP contribution in [0.25, 0.3) is 6.08 Å². The van der Waals surface area contributed by atoms with Crippen molar-refractivity contribution in [3.8, 4) is 0 Å². The molecule has 2 aliphatic carbocycles. The first-order valence-electron chi connectivity index (χ1n) is 10.8. The third-order valence-electron chi connectivity index (χ3n) is 8.31. The minimum absolute atomic E-state index is 0.318. The average Bonchev–Trinajstić information content (AvgIpc) is 3.10. The molecular formula is C26H38Hf. The van der Waals surface area contributed by atoms with Crippen LogP contribution < -0.4 is 0 Å². The molecule has 2 aliphatic rings. The molecule has 1 unspecified atom stereocenters. The van der Waals surface area contributed by atoms with E-state index in [1.54, 1.807) is 27.9 Å². The van der Waals surface area contributed by atoms with Crippen LogP contribution in [0.15, 0.2) is 49.9 Å². The van der Waals surface area contributed by atoms with Crippen molar-refractivity contribution in [1.29, 1.82) is 0 Å². The Morgan fingerprint density at radius 1 is 0.926 bits per heavy atom. The second-order valence-electron chi connectivity index (χ2n) is 9.53. The van der Waals surface area contributed by atoms with Gasteiger partial charge in [0.15, 0.2) is 0 Å². The van der Waals surface area contributed by atoms with Crippen molar-refractivity contribution < 1.29 is 20.0 Å². The second kappa shape index (κ2) is 7.62. The van der Waals surface area contributed by atoms with Crippen molar-refractivity contribution in [3.05, 3.63) is 61.0 Å². The molecule has 0 aliphatic heterocycles. The molecule has 1 aromatic carbocycles. The fraction of sp³-hybridized carbons (Fsp3) is 0.538. The van der Waals surface area contributed by atoms with Crippen molar-refractivity contribution in [1.82, 2.24) is 0 Å². The van der Waals surface area contributed by atoms with Crippen LogP contribution in [0.4, 0.5) is 0 Å². The van der Waals surface area contributed by atoms with E-state index in [-0.39, 0.29) is 0 Å². The molecule has 0 saturated carbocycles. The van der Waals surface area contributed by atoms with E-state index in [4.69, 9.17) is 0 Å². The van der Waals surface area contributed by atoms with Crippen LogP contribution in [-0.4, -0.2) is 0 Å². The van der Waals surface area contributed by atoms with E-state index < -0.39 is 20.0 Å². The van der Waals surface area contributed by atoms with Crippen LogP contribution in [0.3, 0.4) is 0 Å². The number of unbranched alkanes of at least 4 members (excludes halogenated alkanes) is 2. The Hall–Kier alpha value is -0.690. The van der Waals surface area contributed by atoms with Crippen LogP contribution in [0, 0.1) is 0 Å². The summed E-state index contributed by atoms with van der Waals surface area (Å²) >= 11 is -2.85. The Balaban J connectivity index is 2.08. The summed E-state index contributed by atoms with van der Waals surface area (Å²) in [7, 11) is 0. The van der Waals surface area contributed by atoms with E-state index in [9.17, 15) is 0 Å². The number of rotatable bonds is 6. The van der Waals surface area contributed by atoms with Gasteiger partial charge in [-0.3, -0.25) is 0 Å². The monoisotopic (exact) mass is 530 g/mol. The Morgan fingerprint density at radius 3 is 2.11 bits per heavy atom. The molecule has 0 aromatic heterocycles. The predicted molar refractivity (Wildman–Crippen MR) is 118 cm³/mol. The zero-order valence-electron chi connectivity index (χ0n) is 18.8. The molecule has 0 bridgehead atoms. The van der Waals surface area contributed by atoms with Gasteiger partial charge in [0.1, 0.15) is 0 Å². The fourth-order valence-corrected chi connectivity index (χ4v) is 22.0. The van der Waals surface area contributed by atoms with Gasteiger partial charge in [0.25, 0.3) is 0 Å². The molecule has 0 spiro atoms. The normalized spacial score (nSPS) is 21.8. The maximum absolute atomic E-state index is 2.85. The summed E-state index contributed by atoms with van der Waals surface area (Å²) in [5.74, 6) is 0.669. The molecule has 1 atom stereocenters. The molecule has 146 valence electrons. The summed E-state index contributed by atoms with van der Waals surface area (Å²) in [6.45, 7) is 14.4. The molecular weight excluding hydrogens is 491 g/mol. The molecule has 0 radical (unpaired) electrons. The summed E-state index contributed by atoms with van der Waals surface area (Å²) in [5, 5.41) is 0. The van der Waals surface area contributed by atoms with Crippen molar-refractivity contribution in [3.63, 3.8) is 0 Å². The van der Waals surface area contributed by atoms with Gasteiger partial charge in [-0.2, -0.15) is 0 Å². The molecule has 0 amide bonds. The van der Waals surface area contributed by atoms with Crippen LogP contribution in [-0.2, 0) is 20.0 Å². The Labute approximate surface area is 172 Å². The van der Waals surface area contributed by atoms with E-state index in [1.807, 2.05) is 3.33 Å². The van der Waals surface area contributed by atoms with Gasteiger partial charge in [0.2, 0.25) is 0 Å². The van der Waals surface area contributed by atoms with Gasteiger partial charge in [-0.25, -0.2) is 0 Å².